The highest BCUT2D eigenvalue weighted by atomic mass is 16.4. The number of hydrogen-bond acceptors (Lipinski definition) is 1. The van der Waals surface area contributed by atoms with Crippen LogP contribution in [0.1, 0.15) is 45.2 Å². The van der Waals surface area contributed by atoms with Crippen LogP contribution >= 0.6 is 0 Å². The van der Waals surface area contributed by atoms with Gasteiger partial charge in [0.05, 0.1) is 0 Å². The Bertz CT molecular complexity index is 1030. The molecule has 3 aromatic carbocycles. The Morgan fingerprint density at radius 2 is 1.64 bits per heavy atom. The van der Waals surface area contributed by atoms with Gasteiger partial charge in [-0.3, -0.25) is 0 Å². The van der Waals surface area contributed by atoms with Crippen LogP contribution in [0, 0.1) is 11.3 Å². The van der Waals surface area contributed by atoms with Crippen molar-refractivity contribution in [1.82, 2.24) is 0 Å². The van der Waals surface area contributed by atoms with E-state index in [0.717, 1.165) is 5.92 Å². The Kier molecular flexibility index (Phi) is 5.60. The van der Waals surface area contributed by atoms with E-state index in [1.54, 1.807) is 11.1 Å². The number of benzene rings is 3. The Morgan fingerprint density at radius 1 is 1.00 bits per heavy atom. The minimum absolute atomic E-state index is 0.176. The predicted molar refractivity (Wildman–Crippen MR) is 119 cm³/mol. The van der Waals surface area contributed by atoms with Crippen molar-refractivity contribution in [2.24, 2.45) is 11.3 Å². The van der Waals surface area contributed by atoms with Gasteiger partial charge in [-0.1, -0.05) is 75.9 Å². The topological polar surface area (TPSA) is 37.3 Å². The molecule has 1 aliphatic carbocycles. The van der Waals surface area contributed by atoms with E-state index in [9.17, 15) is 4.79 Å². The lowest BCUT2D eigenvalue weighted by molar-refractivity contribution is -0.132. The van der Waals surface area contributed by atoms with Crippen molar-refractivity contribution in [2.45, 2.75) is 47.0 Å². The van der Waals surface area contributed by atoms with Crippen molar-refractivity contribution >= 4 is 27.5 Å². The largest absolute Gasteiger partial charge is 0.478 e. The molecule has 0 spiro atoms. The van der Waals surface area contributed by atoms with E-state index in [2.05, 4.69) is 75.9 Å². The van der Waals surface area contributed by atoms with Crippen molar-refractivity contribution in [2.75, 3.05) is 0 Å². The van der Waals surface area contributed by atoms with Gasteiger partial charge in [0, 0.05) is 5.57 Å². The second kappa shape index (κ2) is 7.79. The van der Waals surface area contributed by atoms with Crippen molar-refractivity contribution in [1.29, 1.82) is 0 Å². The zero-order chi connectivity index (χ0) is 20.5. The molecule has 4 rings (SSSR count). The van der Waals surface area contributed by atoms with Crippen molar-refractivity contribution in [3.8, 4) is 0 Å². The third-order valence-corrected chi connectivity index (χ3v) is 5.93. The number of hydrogen-bond donors (Lipinski definition) is 1. The maximum atomic E-state index is 9.60. The Balaban J connectivity index is 0.000000330. The first-order valence-corrected chi connectivity index (χ1v) is 9.99. The Hall–Kier alpha value is -2.61. The highest BCUT2D eigenvalue weighted by Crippen LogP contribution is 2.40. The van der Waals surface area contributed by atoms with Crippen LogP contribution in [-0.4, -0.2) is 11.1 Å². The minimum Gasteiger partial charge on any atom is -0.478 e. The van der Waals surface area contributed by atoms with Crippen LogP contribution < -0.4 is 0 Å². The summed E-state index contributed by atoms with van der Waals surface area (Å²) in [5.41, 5.74) is 3.77. The quantitative estimate of drug-likeness (QED) is 0.376. The lowest BCUT2D eigenvalue weighted by Gasteiger charge is -2.35. The minimum atomic E-state index is -0.935. The summed E-state index contributed by atoms with van der Waals surface area (Å²) in [6.45, 7) is 11.8. The summed E-state index contributed by atoms with van der Waals surface area (Å²) in [4.78, 5) is 9.60. The molecule has 3 aromatic rings. The molecule has 2 heteroatoms. The Labute approximate surface area is 167 Å². The van der Waals surface area contributed by atoms with Gasteiger partial charge in [0.25, 0.3) is 0 Å². The fourth-order valence-corrected chi connectivity index (χ4v) is 4.11. The zero-order valence-electron chi connectivity index (χ0n) is 17.4. The molecular weight excluding hydrogens is 344 g/mol. The molecule has 1 N–H and O–H groups in total. The van der Waals surface area contributed by atoms with Crippen LogP contribution in [-0.2, 0) is 17.6 Å². The normalized spacial score (nSPS) is 16.2. The van der Waals surface area contributed by atoms with E-state index in [-0.39, 0.29) is 5.57 Å². The molecule has 28 heavy (non-hydrogen) atoms. The van der Waals surface area contributed by atoms with Gasteiger partial charge in [0.2, 0.25) is 0 Å². The second-order valence-corrected chi connectivity index (χ2v) is 8.98. The summed E-state index contributed by atoms with van der Waals surface area (Å²) in [7, 11) is 0. The summed E-state index contributed by atoms with van der Waals surface area (Å²) in [6, 6.07) is 18.1. The number of fused-ring (bicyclic) bond motifs is 5. The van der Waals surface area contributed by atoms with E-state index in [4.69, 9.17) is 5.11 Å². The van der Waals surface area contributed by atoms with Gasteiger partial charge in [0.1, 0.15) is 0 Å². The standard InChI is InChI=1S/C22H24.C4H6O2/c1-22(2,3)17-10-13-19-16(14-17)9-12-20-18-7-5-4-6-15(18)8-11-21(19)20;1-3(2)4(5)6/h4-9,11-12,17H,10,13-14H2,1-3H3;1H2,2H3,(H,5,6). The van der Waals surface area contributed by atoms with E-state index in [1.807, 2.05) is 0 Å². The first-order valence-electron chi connectivity index (χ1n) is 9.99. The van der Waals surface area contributed by atoms with Gasteiger partial charge in [0.15, 0.2) is 0 Å². The second-order valence-electron chi connectivity index (χ2n) is 8.98. The highest BCUT2D eigenvalue weighted by Gasteiger charge is 2.29. The van der Waals surface area contributed by atoms with Crippen molar-refractivity contribution in [3.05, 3.63) is 71.8 Å². The number of rotatable bonds is 1. The molecular formula is C26H30O2. The molecule has 1 aliphatic rings. The number of carboxylic acid groups (broad SMARTS) is 1. The average molecular weight is 375 g/mol. The summed E-state index contributed by atoms with van der Waals surface area (Å²) >= 11 is 0. The van der Waals surface area contributed by atoms with E-state index < -0.39 is 5.97 Å². The molecule has 1 atom stereocenters. The summed E-state index contributed by atoms with van der Waals surface area (Å²) < 4.78 is 0. The fourth-order valence-electron chi connectivity index (χ4n) is 4.11. The molecule has 0 heterocycles. The van der Waals surface area contributed by atoms with E-state index in [1.165, 1.54) is 47.7 Å². The first kappa shape index (κ1) is 20.1. The lowest BCUT2D eigenvalue weighted by atomic mass is 9.70. The number of aliphatic carboxylic acids is 1. The molecule has 146 valence electrons. The molecule has 0 saturated heterocycles. The maximum absolute atomic E-state index is 9.60. The van der Waals surface area contributed by atoms with Crippen LogP contribution in [0.5, 0.6) is 0 Å². The van der Waals surface area contributed by atoms with Gasteiger partial charge in [-0.25, -0.2) is 4.79 Å². The van der Waals surface area contributed by atoms with Crippen LogP contribution in [0.3, 0.4) is 0 Å². The van der Waals surface area contributed by atoms with Gasteiger partial charge in [-0.15, -0.1) is 0 Å². The molecule has 0 aliphatic heterocycles. The van der Waals surface area contributed by atoms with Crippen LogP contribution in [0.25, 0.3) is 21.5 Å². The molecule has 0 amide bonds. The fraction of sp³-hybridized carbons (Fsp3) is 0.346. The highest BCUT2D eigenvalue weighted by molar-refractivity contribution is 6.08. The Morgan fingerprint density at radius 3 is 2.29 bits per heavy atom. The van der Waals surface area contributed by atoms with Gasteiger partial charge < -0.3 is 5.11 Å². The predicted octanol–water partition coefficient (Wildman–Crippen LogP) is 6.79. The molecule has 2 nitrogen and oxygen atoms in total. The monoisotopic (exact) mass is 374 g/mol. The van der Waals surface area contributed by atoms with Crippen LogP contribution in [0.15, 0.2) is 60.7 Å². The SMILES string of the molecule is C=C(C)C(=O)O.CC(C)(C)C1CCc2c(ccc3c2ccc2ccccc23)C1. The molecule has 0 bridgehead atoms. The number of carboxylic acids is 1. The first-order chi connectivity index (χ1) is 13.2. The molecule has 0 radical (unpaired) electrons. The zero-order valence-corrected chi connectivity index (χ0v) is 17.4. The average Bonchev–Trinajstić information content (AvgIpc) is 2.66. The summed E-state index contributed by atoms with van der Waals surface area (Å²) in [5.74, 6) is -0.132. The maximum Gasteiger partial charge on any atom is 0.330 e. The summed E-state index contributed by atoms with van der Waals surface area (Å²) in [5, 5.41) is 13.5. The molecule has 1 unspecified atom stereocenters. The van der Waals surface area contributed by atoms with E-state index in [0.29, 0.717) is 5.41 Å². The summed E-state index contributed by atoms with van der Waals surface area (Å²) in [6.07, 6.45) is 3.79. The smallest absolute Gasteiger partial charge is 0.330 e. The van der Waals surface area contributed by atoms with E-state index >= 15 is 0 Å². The van der Waals surface area contributed by atoms with Crippen LogP contribution in [0.2, 0.25) is 0 Å². The lowest BCUT2D eigenvalue weighted by Crippen LogP contribution is -2.26. The van der Waals surface area contributed by atoms with Gasteiger partial charge in [-0.2, -0.15) is 0 Å². The van der Waals surface area contributed by atoms with Crippen molar-refractivity contribution in [3.63, 3.8) is 0 Å². The van der Waals surface area contributed by atoms with Crippen LogP contribution in [0.4, 0.5) is 0 Å². The molecule has 0 saturated carbocycles. The van der Waals surface area contributed by atoms with Gasteiger partial charge in [-0.05, 0) is 70.2 Å². The third kappa shape index (κ3) is 4.11. The third-order valence-electron chi connectivity index (χ3n) is 5.93. The number of aryl methyl sites for hydroxylation is 1. The molecule has 0 aromatic heterocycles. The molecule has 0 fully saturated rings. The van der Waals surface area contributed by atoms with Gasteiger partial charge >= 0.3 is 5.97 Å². The van der Waals surface area contributed by atoms with Crippen molar-refractivity contribution < 1.29 is 9.90 Å². The number of carbonyl (C=O) groups is 1.